The molecule has 1 amide bonds. The predicted molar refractivity (Wildman–Crippen MR) is 95.8 cm³/mol. The molecule has 1 aromatic carbocycles. The van der Waals surface area contributed by atoms with Gasteiger partial charge in [0.1, 0.15) is 5.82 Å². The number of benzene rings is 1. The molecule has 2 aliphatic carbocycles. The molecule has 1 heterocycles. The first-order valence-corrected chi connectivity index (χ1v) is 9.05. The number of amides is 1. The smallest absolute Gasteiger partial charge is 0.239 e. The Morgan fingerprint density at radius 2 is 2.00 bits per heavy atom. The van der Waals surface area contributed by atoms with Gasteiger partial charge in [-0.1, -0.05) is 18.2 Å². The number of para-hydroxylation sites is 1. The fourth-order valence-electron chi connectivity index (χ4n) is 3.16. The molecule has 0 unspecified atom stereocenters. The van der Waals surface area contributed by atoms with Gasteiger partial charge in [0.15, 0.2) is 0 Å². The van der Waals surface area contributed by atoms with Crippen LogP contribution in [0.2, 0.25) is 0 Å². The van der Waals surface area contributed by atoms with E-state index >= 15 is 0 Å². The van der Waals surface area contributed by atoms with Crippen molar-refractivity contribution >= 4 is 11.7 Å². The zero-order valence-electron chi connectivity index (χ0n) is 14.3. The number of carbonyl (C=O) groups is 1. The van der Waals surface area contributed by atoms with Gasteiger partial charge in [0.25, 0.3) is 0 Å². The molecule has 2 saturated carbocycles. The van der Waals surface area contributed by atoms with Crippen LogP contribution in [0.1, 0.15) is 37.3 Å². The van der Waals surface area contributed by atoms with Crippen LogP contribution in [0.25, 0.3) is 5.69 Å². The summed E-state index contributed by atoms with van der Waals surface area (Å²) in [6.07, 6.45) is 4.57. The molecule has 25 heavy (non-hydrogen) atoms. The molecular formula is C19H24N4O2. The number of anilines is 1. The maximum atomic E-state index is 12.5. The Labute approximate surface area is 147 Å². The number of aliphatic hydroxyl groups excluding tert-OH is 1. The highest BCUT2D eigenvalue weighted by Gasteiger charge is 2.31. The molecule has 0 atom stereocenters. The maximum absolute atomic E-state index is 12.5. The van der Waals surface area contributed by atoms with Crippen LogP contribution in [0.3, 0.4) is 0 Å². The van der Waals surface area contributed by atoms with Gasteiger partial charge in [0.2, 0.25) is 5.91 Å². The quantitative estimate of drug-likeness (QED) is 0.772. The minimum atomic E-state index is -0.0558. The molecule has 4 rings (SSSR count). The normalized spacial score (nSPS) is 17.0. The maximum Gasteiger partial charge on any atom is 0.239 e. The summed E-state index contributed by atoms with van der Waals surface area (Å²) in [7, 11) is 0. The Hall–Kier alpha value is -2.18. The highest BCUT2D eigenvalue weighted by Crippen LogP contribution is 2.40. The van der Waals surface area contributed by atoms with E-state index in [9.17, 15) is 9.90 Å². The van der Waals surface area contributed by atoms with E-state index in [-0.39, 0.29) is 12.5 Å². The Kier molecular flexibility index (Phi) is 4.55. The van der Waals surface area contributed by atoms with Crippen molar-refractivity contribution in [1.29, 1.82) is 0 Å². The minimum Gasteiger partial charge on any atom is -0.395 e. The first-order chi connectivity index (χ1) is 12.2. The summed E-state index contributed by atoms with van der Waals surface area (Å²) in [6.45, 7) is 0.935. The molecule has 0 aliphatic heterocycles. The fraction of sp³-hybridized carbons (Fsp3) is 0.474. The van der Waals surface area contributed by atoms with Gasteiger partial charge in [0.05, 0.1) is 24.5 Å². The van der Waals surface area contributed by atoms with Crippen LogP contribution in [-0.4, -0.2) is 51.4 Å². The molecule has 2 aromatic rings. The molecule has 132 valence electrons. The van der Waals surface area contributed by atoms with Gasteiger partial charge in [-0.05, 0) is 37.8 Å². The molecule has 6 nitrogen and oxygen atoms in total. The largest absolute Gasteiger partial charge is 0.395 e. The van der Waals surface area contributed by atoms with E-state index in [1.807, 2.05) is 41.1 Å². The van der Waals surface area contributed by atoms with Gasteiger partial charge in [0, 0.05) is 24.6 Å². The Morgan fingerprint density at radius 3 is 2.64 bits per heavy atom. The summed E-state index contributed by atoms with van der Waals surface area (Å²) < 4.78 is 1.82. The number of aliphatic hydroxyl groups is 1. The van der Waals surface area contributed by atoms with Crippen LogP contribution in [-0.2, 0) is 4.79 Å². The highest BCUT2D eigenvalue weighted by molar-refractivity contribution is 5.91. The summed E-state index contributed by atoms with van der Waals surface area (Å²) in [5.41, 5.74) is 1.99. The lowest BCUT2D eigenvalue weighted by Crippen LogP contribution is -2.37. The summed E-state index contributed by atoms with van der Waals surface area (Å²) >= 11 is 0. The van der Waals surface area contributed by atoms with Crippen LogP contribution >= 0.6 is 0 Å². The number of carbonyl (C=O) groups excluding carboxylic acids is 1. The van der Waals surface area contributed by atoms with E-state index in [0.717, 1.165) is 30.0 Å². The van der Waals surface area contributed by atoms with Crippen LogP contribution in [0.15, 0.2) is 36.4 Å². The molecule has 1 aromatic heterocycles. The lowest BCUT2D eigenvalue weighted by atomic mass is 10.3. The van der Waals surface area contributed by atoms with E-state index in [2.05, 4.69) is 10.2 Å². The van der Waals surface area contributed by atoms with Crippen molar-refractivity contribution in [3.63, 3.8) is 0 Å². The molecular weight excluding hydrogens is 316 g/mol. The standard InChI is InChI=1S/C19H24N4O2/c24-11-10-22(15-8-9-15)13-19(25)20-18-12-17(14-6-7-14)21-23(18)16-4-2-1-3-5-16/h1-5,12,14-15,24H,6-11,13H2,(H,20,25). The van der Waals surface area contributed by atoms with Gasteiger partial charge in [-0.15, -0.1) is 0 Å². The first-order valence-electron chi connectivity index (χ1n) is 9.05. The zero-order valence-corrected chi connectivity index (χ0v) is 14.3. The molecule has 2 N–H and O–H groups in total. The average molecular weight is 340 g/mol. The van der Waals surface area contributed by atoms with Crippen molar-refractivity contribution in [2.24, 2.45) is 0 Å². The van der Waals surface area contributed by atoms with Gasteiger partial charge in [-0.2, -0.15) is 5.10 Å². The monoisotopic (exact) mass is 340 g/mol. The minimum absolute atomic E-state index is 0.0558. The average Bonchev–Trinajstić information content (AvgIpc) is 3.53. The van der Waals surface area contributed by atoms with Gasteiger partial charge in [-0.3, -0.25) is 9.69 Å². The molecule has 6 heteroatoms. The number of aromatic nitrogens is 2. The Morgan fingerprint density at radius 1 is 1.24 bits per heavy atom. The summed E-state index contributed by atoms with van der Waals surface area (Å²) in [5.74, 6) is 1.19. The molecule has 0 spiro atoms. The first kappa shape index (κ1) is 16.3. The molecule has 0 radical (unpaired) electrons. The van der Waals surface area contributed by atoms with Gasteiger partial charge in [-0.25, -0.2) is 4.68 Å². The SMILES string of the molecule is O=C(CN(CCO)C1CC1)Nc1cc(C2CC2)nn1-c1ccccc1. The van der Waals surface area contributed by atoms with Crippen LogP contribution < -0.4 is 5.32 Å². The van der Waals surface area contributed by atoms with E-state index in [4.69, 9.17) is 5.10 Å². The van der Waals surface area contributed by atoms with Crippen molar-refractivity contribution in [1.82, 2.24) is 14.7 Å². The topological polar surface area (TPSA) is 70.4 Å². The molecule has 0 bridgehead atoms. The highest BCUT2D eigenvalue weighted by atomic mass is 16.3. The second-order valence-corrected chi connectivity index (χ2v) is 6.95. The number of nitrogens with one attached hydrogen (secondary N) is 1. The predicted octanol–water partition coefficient (Wildman–Crippen LogP) is 2.14. The second kappa shape index (κ2) is 6.98. The Balaban J connectivity index is 1.51. The molecule has 2 fully saturated rings. The van der Waals surface area contributed by atoms with Crippen molar-refractivity contribution in [3.05, 3.63) is 42.1 Å². The van der Waals surface area contributed by atoms with Crippen molar-refractivity contribution < 1.29 is 9.90 Å². The zero-order chi connectivity index (χ0) is 17.2. The number of rotatable bonds is 8. The van der Waals surface area contributed by atoms with E-state index in [1.54, 1.807) is 0 Å². The van der Waals surface area contributed by atoms with E-state index in [1.165, 1.54) is 12.8 Å². The van der Waals surface area contributed by atoms with Crippen LogP contribution in [0, 0.1) is 0 Å². The lowest BCUT2D eigenvalue weighted by molar-refractivity contribution is -0.117. The summed E-state index contributed by atoms with van der Waals surface area (Å²) in [4.78, 5) is 14.6. The van der Waals surface area contributed by atoms with Crippen molar-refractivity contribution in [2.45, 2.75) is 37.6 Å². The van der Waals surface area contributed by atoms with Crippen LogP contribution in [0.5, 0.6) is 0 Å². The third-order valence-corrected chi connectivity index (χ3v) is 4.79. The second-order valence-electron chi connectivity index (χ2n) is 6.95. The van der Waals surface area contributed by atoms with Gasteiger partial charge >= 0.3 is 0 Å². The van der Waals surface area contributed by atoms with Crippen LogP contribution in [0.4, 0.5) is 5.82 Å². The van der Waals surface area contributed by atoms with E-state index in [0.29, 0.717) is 25.0 Å². The number of hydrogen-bond donors (Lipinski definition) is 2. The fourth-order valence-corrected chi connectivity index (χ4v) is 3.16. The molecule has 2 aliphatic rings. The molecule has 0 saturated heterocycles. The number of nitrogens with zero attached hydrogens (tertiary/aromatic N) is 3. The van der Waals surface area contributed by atoms with Crippen molar-refractivity contribution in [2.75, 3.05) is 25.0 Å². The summed E-state index contributed by atoms with van der Waals surface area (Å²) in [6, 6.07) is 12.3. The van der Waals surface area contributed by atoms with Gasteiger partial charge < -0.3 is 10.4 Å². The third-order valence-electron chi connectivity index (χ3n) is 4.79. The Bertz CT molecular complexity index is 735. The lowest BCUT2D eigenvalue weighted by Gasteiger charge is -2.20. The summed E-state index contributed by atoms with van der Waals surface area (Å²) in [5, 5.41) is 16.9. The number of hydrogen-bond acceptors (Lipinski definition) is 4. The van der Waals surface area contributed by atoms with E-state index < -0.39 is 0 Å². The third kappa shape index (κ3) is 3.91. The van der Waals surface area contributed by atoms with Crippen molar-refractivity contribution in [3.8, 4) is 5.69 Å².